The van der Waals surface area contributed by atoms with Crippen LogP contribution in [-0.2, 0) is 24.8 Å². The Labute approximate surface area is 192 Å². The van der Waals surface area contributed by atoms with Gasteiger partial charge in [-0.3, -0.25) is 9.36 Å². The van der Waals surface area contributed by atoms with Crippen LogP contribution in [0.4, 0.5) is 11.5 Å². The Hall–Kier alpha value is -3.35. The van der Waals surface area contributed by atoms with Crippen molar-refractivity contribution in [3.63, 3.8) is 0 Å². The van der Waals surface area contributed by atoms with E-state index in [1.54, 1.807) is 10.9 Å². The number of hydrogen-bond acceptors (Lipinski definition) is 7. The third kappa shape index (κ3) is 3.46. The maximum absolute atomic E-state index is 9.93. The van der Waals surface area contributed by atoms with E-state index in [1.165, 1.54) is 11.3 Å². The Bertz CT molecular complexity index is 1230. The molecule has 1 aromatic carbocycles. The normalized spacial score (nSPS) is 18.4. The number of nitrogens with zero attached hydrogens (tertiary/aromatic N) is 6. The summed E-state index contributed by atoms with van der Waals surface area (Å²) in [5.74, 6) is 1.75. The Morgan fingerprint density at radius 1 is 1.21 bits per heavy atom. The van der Waals surface area contributed by atoms with E-state index in [4.69, 9.17) is 14.6 Å². The van der Waals surface area contributed by atoms with Crippen molar-refractivity contribution in [2.24, 2.45) is 7.05 Å². The topological polar surface area (TPSA) is 93.2 Å². The lowest BCUT2D eigenvalue weighted by atomic mass is 10.0. The van der Waals surface area contributed by atoms with Gasteiger partial charge in [-0.2, -0.15) is 15.5 Å². The first-order valence-electron chi connectivity index (χ1n) is 11.6. The number of rotatable bonds is 3. The van der Waals surface area contributed by atoms with Crippen LogP contribution >= 0.6 is 0 Å². The number of aromatic nitrogens is 4. The second-order valence-corrected chi connectivity index (χ2v) is 8.84. The molecule has 0 aliphatic carbocycles. The van der Waals surface area contributed by atoms with Gasteiger partial charge in [-0.15, -0.1) is 0 Å². The van der Waals surface area contributed by atoms with Gasteiger partial charge in [0.1, 0.15) is 12.4 Å². The molecule has 170 valence electrons. The fourth-order valence-electron chi connectivity index (χ4n) is 5.18. The largest absolute Gasteiger partial charge is 0.490 e. The lowest BCUT2D eigenvalue weighted by molar-refractivity contribution is 0.0653. The molecule has 33 heavy (non-hydrogen) atoms. The van der Waals surface area contributed by atoms with E-state index in [0.29, 0.717) is 24.8 Å². The van der Waals surface area contributed by atoms with Gasteiger partial charge in [0.2, 0.25) is 0 Å². The summed E-state index contributed by atoms with van der Waals surface area (Å²) in [5, 5.41) is 22.9. The number of nitrogens with one attached hydrogen (secondary N) is 1. The summed E-state index contributed by atoms with van der Waals surface area (Å²) in [7, 11) is 1.87. The minimum atomic E-state index is 0.377. The van der Waals surface area contributed by atoms with Crippen molar-refractivity contribution in [2.45, 2.75) is 31.8 Å². The third-order valence-corrected chi connectivity index (χ3v) is 6.83. The summed E-state index contributed by atoms with van der Waals surface area (Å²) in [6.07, 6.45) is 6.66. The summed E-state index contributed by atoms with van der Waals surface area (Å²) < 4.78 is 15.7. The third-order valence-electron chi connectivity index (χ3n) is 6.83. The molecule has 0 atom stereocenters. The Balaban J connectivity index is 1.45. The van der Waals surface area contributed by atoms with E-state index >= 15 is 0 Å². The molecule has 1 saturated heterocycles. The highest BCUT2D eigenvalue weighted by Crippen LogP contribution is 2.43. The maximum atomic E-state index is 9.93. The Morgan fingerprint density at radius 3 is 2.88 bits per heavy atom. The minimum absolute atomic E-state index is 0.377. The molecule has 0 amide bonds. The number of hydrogen-bond donors (Lipinski definition) is 1. The number of aryl methyl sites for hydroxylation is 1. The predicted octanol–water partition coefficient (Wildman–Crippen LogP) is 2.68. The van der Waals surface area contributed by atoms with Crippen LogP contribution in [0.3, 0.4) is 0 Å². The van der Waals surface area contributed by atoms with Crippen LogP contribution in [0.25, 0.3) is 11.1 Å². The summed E-state index contributed by atoms with van der Waals surface area (Å²) in [5.41, 5.74) is 5.83. The van der Waals surface area contributed by atoms with E-state index in [0.717, 1.165) is 73.9 Å². The molecule has 3 aliphatic rings. The van der Waals surface area contributed by atoms with Crippen LogP contribution < -0.4 is 15.0 Å². The summed E-state index contributed by atoms with van der Waals surface area (Å²) in [6.45, 7) is 4.61. The molecule has 0 saturated carbocycles. The molecule has 3 aromatic rings. The molecular weight excluding hydrogens is 418 g/mol. The standard InChI is InChI=1S/C24H27N7O2/c1-29-15-17(13-27-29)19-11-23-22(10-16(19)12-25)30(6-9-33-23)24-20-14-26-5-2-21(20)31(28-24)18-3-7-32-8-4-18/h10-11,13,15,18,26H,2-9,14H2,1H3. The molecule has 3 aliphatic heterocycles. The number of benzene rings is 1. The van der Waals surface area contributed by atoms with Gasteiger partial charge in [-0.1, -0.05) is 0 Å². The Kier molecular flexibility index (Phi) is 5.04. The summed E-state index contributed by atoms with van der Waals surface area (Å²) in [6, 6.07) is 6.66. The van der Waals surface area contributed by atoms with Crippen molar-refractivity contribution in [3.8, 4) is 22.9 Å². The zero-order valence-corrected chi connectivity index (χ0v) is 18.8. The van der Waals surface area contributed by atoms with Gasteiger partial charge < -0.3 is 19.7 Å². The molecule has 5 heterocycles. The fraction of sp³-hybridized carbons (Fsp3) is 0.458. The number of ether oxygens (including phenoxy) is 2. The van der Waals surface area contributed by atoms with Crippen molar-refractivity contribution in [2.75, 3.05) is 37.8 Å². The van der Waals surface area contributed by atoms with Crippen LogP contribution in [0.5, 0.6) is 5.75 Å². The van der Waals surface area contributed by atoms with Crippen LogP contribution in [0.15, 0.2) is 24.5 Å². The number of anilines is 2. The fourth-order valence-corrected chi connectivity index (χ4v) is 5.18. The zero-order chi connectivity index (χ0) is 22.4. The second-order valence-electron chi connectivity index (χ2n) is 8.84. The molecule has 0 bridgehead atoms. The van der Waals surface area contributed by atoms with Crippen molar-refractivity contribution >= 4 is 11.5 Å². The average Bonchev–Trinajstić information content (AvgIpc) is 3.47. The first-order valence-corrected chi connectivity index (χ1v) is 11.6. The SMILES string of the molecule is Cn1cc(-c2cc3c(cc2C#N)N(c2nn(C4CCOCC4)c4c2CNCC4)CCO3)cn1. The van der Waals surface area contributed by atoms with E-state index in [1.807, 2.05) is 25.4 Å². The van der Waals surface area contributed by atoms with Crippen LogP contribution in [-0.4, -0.2) is 52.5 Å². The molecule has 6 rings (SSSR count). The van der Waals surface area contributed by atoms with E-state index in [9.17, 15) is 5.26 Å². The number of nitriles is 1. The highest BCUT2D eigenvalue weighted by molar-refractivity contribution is 5.80. The molecule has 0 radical (unpaired) electrons. The summed E-state index contributed by atoms with van der Waals surface area (Å²) in [4.78, 5) is 2.23. The van der Waals surface area contributed by atoms with E-state index < -0.39 is 0 Å². The molecule has 2 aromatic heterocycles. The van der Waals surface area contributed by atoms with Gasteiger partial charge in [0.25, 0.3) is 0 Å². The van der Waals surface area contributed by atoms with Crippen molar-refractivity contribution in [1.82, 2.24) is 24.9 Å². The molecular formula is C24H27N7O2. The number of fused-ring (bicyclic) bond motifs is 2. The van der Waals surface area contributed by atoms with Gasteiger partial charge in [0.15, 0.2) is 5.82 Å². The second kappa shape index (κ2) is 8.21. The van der Waals surface area contributed by atoms with Gasteiger partial charge in [0, 0.05) is 68.4 Å². The lowest BCUT2D eigenvalue weighted by Gasteiger charge is -2.31. The lowest BCUT2D eigenvalue weighted by Crippen LogP contribution is -2.31. The highest BCUT2D eigenvalue weighted by Gasteiger charge is 2.32. The van der Waals surface area contributed by atoms with Gasteiger partial charge in [-0.05, 0) is 25.0 Å². The summed E-state index contributed by atoms with van der Waals surface area (Å²) >= 11 is 0. The first-order chi connectivity index (χ1) is 16.2. The molecule has 0 spiro atoms. The quantitative estimate of drug-likeness (QED) is 0.663. The van der Waals surface area contributed by atoms with Gasteiger partial charge in [-0.25, -0.2) is 0 Å². The monoisotopic (exact) mass is 445 g/mol. The Morgan fingerprint density at radius 2 is 2.09 bits per heavy atom. The smallest absolute Gasteiger partial charge is 0.160 e. The highest BCUT2D eigenvalue weighted by atomic mass is 16.5. The van der Waals surface area contributed by atoms with Crippen LogP contribution in [0.1, 0.15) is 35.7 Å². The zero-order valence-electron chi connectivity index (χ0n) is 18.8. The van der Waals surface area contributed by atoms with E-state index in [-0.39, 0.29) is 0 Å². The molecule has 0 unspecified atom stereocenters. The van der Waals surface area contributed by atoms with E-state index in [2.05, 4.69) is 26.1 Å². The van der Waals surface area contributed by atoms with Gasteiger partial charge >= 0.3 is 0 Å². The average molecular weight is 446 g/mol. The van der Waals surface area contributed by atoms with Crippen molar-refractivity contribution in [1.29, 1.82) is 5.26 Å². The molecule has 1 fully saturated rings. The van der Waals surface area contributed by atoms with Gasteiger partial charge in [0.05, 0.1) is 36.1 Å². The molecule has 1 N–H and O–H groups in total. The minimum Gasteiger partial charge on any atom is -0.490 e. The van der Waals surface area contributed by atoms with Crippen molar-refractivity contribution in [3.05, 3.63) is 41.3 Å². The maximum Gasteiger partial charge on any atom is 0.160 e. The molecule has 9 nitrogen and oxygen atoms in total. The predicted molar refractivity (Wildman–Crippen MR) is 123 cm³/mol. The van der Waals surface area contributed by atoms with Crippen LogP contribution in [0, 0.1) is 11.3 Å². The first kappa shape index (κ1) is 20.3. The van der Waals surface area contributed by atoms with Crippen molar-refractivity contribution < 1.29 is 9.47 Å². The molecule has 9 heteroatoms. The van der Waals surface area contributed by atoms with Crippen LogP contribution in [0.2, 0.25) is 0 Å².